The number of nitrogens with zero attached hydrogens (tertiary/aromatic N) is 3. The molecule has 1 aromatic carbocycles. The maximum atomic E-state index is 11.6. The summed E-state index contributed by atoms with van der Waals surface area (Å²) in [5.74, 6) is 0.145. The number of hydrogen-bond acceptors (Lipinski definition) is 3. The molecular formula is C18H24N4O. The molecule has 2 aromatic rings. The summed E-state index contributed by atoms with van der Waals surface area (Å²) in [6, 6.07) is 6.70. The van der Waals surface area contributed by atoms with Crippen molar-refractivity contribution < 1.29 is 4.79 Å². The molecule has 122 valence electrons. The summed E-state index contributed by atoms with van der Waals surface area (Å²) in [4.78, 5) is 14.0. The molecule has 1 N–H and O–H groups in total. The molecule has 1 aliphatic heterocycles. The summed E-state index contributed by atoms with van der Waals surface area (Å²) in [7, 11) is 0. The second-order valence-corrected chi connectivity index (χ2v) is 6.41. The van der Waals surface area contributed by atoms with Gasteiger partial charge in [0.25, 0.3) is 0 Å². The first-order chi connectivity index (χ1) is 11.0. The molecule has 0 radical (unpaired) electrons. The lowest BCUT2D eigenvalue weighted by Gasteiger charge is -2.27. The van der Waals surface area contributed by atoms with Gasteiger partial charge in [0.1, 0.15) is 0 Å². The second kappa shape index (κ2) is 6.54. The zero-order valence-electron chi connectivity index (χ0n) is 14.0. The van der Waals surface area contributed by atoms with Crippen molar-refractivity contribution in [3.8, 4) is 5.69 Å². The lowest BCUT2D eigenvalue weighted by atomic mass is 10.0. The van der Waals surface area contributed by atoms with Gasteiger partial charge in [0.15, 0.2) is 0 Å². The molecule has 23 heavy (non-hydrogen) atoms. The van der Waals surface area contributed by atoms with Gasteiger partial charge in [0.05, 0.1) is 5.69 Å². The summed E-state index contributed by atoms with van der Waals surface area (Å²) in [5, 5.41) is 7.39. The predicted molar refractivity (Wildman–Crippen MR) is 90.5 cm³/mol. The Kier molecular flexibility index (Phi) is 4.48. The maximum Gasteiger partial charge on any atom is 0.221 e. The monoisotopic (exact) mass is 312 g/mol. The molecule has 2 heterocycles. The largest absolute Gasteiger partial charge is 0.355 e. The number of carbonyl (C=O) groups excluding carboxylic acids is 1. The van der Waals surface area contributed by atoms with Crippen LogP contribution >= 0.6 is 0 Å². The molecule has 1 fully saturated rings. The summed E-state index contributed by atoms with van der Waals surface area (Å²) < 4.78 is 1.94. The molecule has 1 aliphatic rings. The molecule has 5 nitrogen and oxygen atoms in total. The molecule has 0 bridgehead atoms. The van der Waals surface area contributed by atoms with Gasteiger partial charge in [0.2, 0.25) is 5.91 Å². The van der Waals surface area contributed by atoms with Crippen molar-refractivity contribution in [2.24, 2.45) is 0 Å². The van der Waals surface area contributed by atoms with Crippen LogP contribution in [0.5, 0.6) is 0 Å². The number of aromatic nitrogens is 2. The Hall–Kier alpha value is -2.14. The number of aryl methyl sites for hydroxylation is 2. The number of hydrogen-bond donors (Lipinski definition) is 1. The number of rotatable bonds is 3. The summed E-state index contributed by atoms with van der Waals surface area (Å²) in [5.41, 5.74) is 4.88. The zero-order chi connectivity index (χ0) is 16.4. The Morgan fingerprint density at radius 1 is 1.35 bits per heavy atom. The van der Waals surface area contributed by atoms with Gasteiger partial charge in [-0.2, -0.15) is 5.10 Å². The fourth-order valence-electron chi connectivity index (χ4n) is 3.30. The van der Waals surface area contributed by atoms with E-state index in [1.54, 1.807) is 6.20 Å². The lowest BCUT2D eigenvalue weighted by molar-refractivity contribution is -0.120. The molecule has 0 spiro atoms. The highest BCUT2D eigenvalue weighted by atomic mass is 16.1. The molecule has 0 saturated carbocycles. The first-order valence-electron chi connectivity index (χ1n) is 8.15. The fraction of sp³-hybridized carbons (Fsp3) is 0.444. The third-order valence-corrected chi connectivity index (χ3v) is 4.47. The molecule has 1 aromatic heterocycles. The van der Waals surface area contributed by atoms with Crippen molar-refractivity contribution in [3.63, 3.8) is 0 Å². The smallest absolute Gasteiger partial charge is 0.221 e. The van der Waals surface area contributed by atoms with E-state index in [-0.39, 0.29) is 5.91 Å². The van der Waals surface area contributed by atoms with E-state index < -0.39 is 0 Å². The van der Waals surface area contributed by atoms with E-state index in [1.165, 1.54) is 16.7 Å². The predicted octanol–water partition coefficient (Wildman–Crippen LogP) is 2.20. The van der Waals surface area contributed by atoms with Crippen molar-refractivity contribution in [3.05, 3.63) is 47.3 Å². The Bertz CT molecular complexity index is 693. The van der Waals surface area contributed by atoms with Gasteiger partial charge in [-0.15, -0.1) is 0 Å². The molecular weight excluding hydrogens is 288 g/mol. The minimum Gasteiger partial charge on any atom is -0.355 e. The van der Waals surface area contributed by atoms with Gasteiger partial charge in [-0.3, -0.25) is 9.69 Å². The summed E-state index contributed by atoms with van der Waals surface area (Å²) >= 11 is 0. The highest BCUT2D eigenvalue weighted by molar-refractivity contribution is 5.76. The fourth-order valence-corrected chi connectivity index (χ4v) is 3.30. The SMILES string of the molecule is Cc1cc(C)c(-n2cccn2)c(CN2CCC(=O)NCC2C)c1. The summed E-state index contributed by atoms with van der Waals surface area (Å²) in [6.07, 6.45) is 4.35. The van der Waals surface area contributed by atoms with E-state index in [9.17, 15) is 4.79 Å². The average molecular weight is 312 g/mol. The Morgan fingerprint density at radius 3 is 2.91 bits per heavy atom. The highest BCUT2D eigenvalue weighted by Crippen LogP contribution is 2.23. The number of carbonyl (C=O) groups is 1. The van der Waals surface area contributed by atoms with Gasteiger partial charge >= 0.3 is 0 Å². The van der Waals surface area contributed by atoms with E-state index >= 15 is 0 Å². The quantitative estimate of drug-likeness (QED) is 0.945. The van der Waals surface area contributed by atoms with E-state index in [2.05, 4.69) is 48.2 Å². The normalized spacial score (nSPS) is 19.4. The van der Waals surface area contributed by atoms with E-state index in [4.69, 9.17) is 0 Å². The molecule has 3 rings (SSSR count). The maximum absolute atomic E-state index is 11.6. The number of nitrogens with one attached hydrogen (secondary N) is 1. The molecule has 1 atom stereocenters. The van der Waals surface area contributed by atoms with Gasteiger partial charge in [-0.1, -0.05) is 17.7 Å². The van der Waals surface area contributed by atoms with Gasteiger partial charge in [-0.25, -0.2) is 4.68 Å². The van der Waals surface area contributed by atoms with Crippen LogP contribution in [0.4, 0.5) is 0 Å². The van der Waals surface area contributed by atoms with Crippen LogP contribution in [0.1, 0.15) is 30.0 Å². The lowest BCUT2D eigenvalue weighted by Crippen LogP contribution is -2.37. The Labute approximate surface area is 137 Å². The minimum absolute atomic E-state index is 0.145. The van der Waals surface area contributed by atoms with E-state index in [0.29, 0.717) is 19.0 Å². The standard InChI is InChI=1S/C18H24N4O/c1-13-9-14(2)18(22-7-4-6-20-22)16(10-13)12-21-8-5-17(23)19-11-15(21)3/h4,6-7,9-10,15H,5,8,11-12H2,1-3H3,(H,19,23). The topological polar surface area (TPSA) is 50.2 Å². The minimum atomic E-state index is 0.145. The van der Waals surface area contributed by atoms with Crippen molar-refractivity contribution >= 4 is 5.91 Å². The Morgan fingerprint density at radius 2 is 2.17 bits per heavy atom. The van der Waals surface area contributed by atoms with Crippen LogP contribution in [0.15, 0.2) is 30.6 Å². The van der Waals surface area contributed by atoms with Crippen molar-refractivity contribution in [1.82, 2.24) is 20.0 Å². The van der Waals surface area contributed by atoms with Crippen LogP contribution in [0, 0.1) is 13.8 Å². The average Bonchev–Trinajstić information content (AvgIpc) is 2.96. The molecule has 0 aliphatic carbocycles. The van der Waals surface area contributed by atoms with Gasteiger partial charge < -0.3 is 5.32 Å². The molecule has 1 unspecified atom stereocenters. The van der Waals surface area contributed by atoms with Crippen molar-refractivity contribution in [1.29, 1.82) is 0 Å². The number of amides is 1. The highest BCUT2D eigenvalue weighted by Gasteiger charge is 2.22. The van der Waals surface area contributed by atoms with Crippen molar-refractivity contribution in [2.45, 2.75) is 39.8 Å². The molecule has 5 heteroatoms. The van der Waals surface area contributed by atoms with Crippen LogP contribution in [-0.4, -0.2) is 39.7 Å². The zero-order valence-corrected chi connectivity index (χ0v) is 14.0. The van der Waals surface area contributed by atoms with Crippen LogP contribution in [-0.2, 0) is 11.3 Å². The Balaban J connectivity index is 1.94. The molecule has 1 amide bonds. The van der Waals surface area contributed by atoms with Crippen LogP contribution in [0.2, 0.25) is 0 Å². The third kappa shape index (κ3) is 3.45. The second-order valence-electron chi connectivity index (χ2n) is 6.41. The third-order valence-electron chi connectivity index (χ3n) is 4.47. The molecule has 1 saturated heterocycles. The van der Waals surface area contributed by atoms with Gasteiger partial charge in [0, 0.05) is 44.5 Å². The van der Waals surface area contributed by atoms with Crippen LogP contribution in [0.3, 0.4) is 0 Å². The van der Waals surface area contributed by atoms with E-state index in [0.717, 1.165) is 18.8 Å². The van der Waals surface area contributed by atoms with E-state index in [1.807, 2.05) is 16.9 Å². The van der Waals surface area contributed by atoms with Crippen LogP contribution in [0.25, 0.3) is 5.69 Å². The first-order valence-corrected chi connectivity index (χ1v) is 8.15. The first kappa shape index (κ1) is 15.7. The van der Waals surface area contributed by atoms with Gasteiger partial charge in [-0.05, 0) is 38.0 Å². The summed E-state index contributed by atoms with van der Waals surface area (Å²) in [6.45, 7) is 8.75. The number of benzene rings is 1. The van der Waals surface area contributed by atoms with Crippen molar-refractivity contribution in [2.75, 3.05) is 13.1 Å². The van der Waals surface area contributed by atoms with Crippen LogP contribution < -0.4 is 5.32 Å².